The molecule has 3 heterocycles. The molecule has 1 saturated heterocycles. The highest BCUT2D eigenvalue weighted by atomic mass is 35.5. The van der Waals surface area contributed by atoms with Gasteiger partial charge in [-0.1, -0.05) is 17.7 Å². The zero-order chi connectivity index (χ0) is 25.6. The van der Waals surface area contributed by atoms with Gasteiger partial charge in [0.15, 0.2) is 0 Å². The van der Waals surface area contributed by atoms with Crippen LogP contribution in [0.3, 0.4) is 0 Å². The van der Waals surface area contributed by atoms with Crippen LogP contribution in [0.5, 0.6) is 0 Å². The molecule has 37 heavy (non-hydrogen) atoms. The number of aromatic nitrogens is 2. The van der Waals surface area contributed by atoms with Crippen molar-refractivity contribution in [2.24, 2.45) is 0 Å². The largest absolute Gasteiger partial charge is 0.462 e. The van der Waals surface area contributed by atoms with Gasteiger partial charge in [0.2, 0.25) is 5.91 Å². The van der Waals surface area contributed by atoms with Crippen LogP contribution in [0.15, 0.2) is 54.9 Å². The molecule has 1 amide bonds. The fourth-order valence-electron chi connectivity index (χ4n) is 4.64. The first-order valence-corrected chi connectivity index (χ1v) is 12.7. The molecule has 192 valence electrons. The number of hydrogen-bond acceptors (Lipinski definition) is 8. The molecule has 1 fully saturated rings. The Morgan fingerprint density at radius 2 is 2.03 bits per heavy atom. The molecule has 2 aliphatic heterocycles. The van der Waals surface area contributed by atoms with Crippen molar-refractivity contribution in [1.82, 2.24) is 14.9 Å². The molecule has 9 nitrogen and oxygen atoms in total. The Labute approximate surface area is 219 Å². The average molecular weight is 522 g/mol. The second kappa shape index (κ2) is 11.7. The molecule has 2 aliphatic rings. The SMILES string of the molecule is O=C(C=CC(=O)OCCCN1CCOCC1)Nc1ccc2ncnc(C3CNc4cc(Cl)ccc43)c2c1. The number of nitrogens with zero attached hydrogens (tertiary/aromatic N) is 3. The second-order valence-corrected chi connectivity index (χ2v) is 9.39. The molecular formula is C27H28ClN5O4. The number of hydrogen-bond donors (Lipinski definition) is 2. The van der Waals surface area contributed by atoms with E-state index in [0.29, 0.717) is 23.9 Å². The molecule has 0 radical (unpaired) electrons. The van der Waals surface area contributed by atoms with Gasteiger partial charge in [-0.2, -0.15) is 0 Å². The van der Waals surface area contributed by atoms with Crippen LogP contribution in [0.2, 0.25) is 5.02 Å². The average Bonchev–Trinajstić information content (AvgIpc) is 3.33. The first-order valence-electron chi connectivity index (χ1n) is 12.3. The second-order valence-electron chi connectivity index (χ2n) is 8.95. The molecule has 1 unspecified atom stereocenters. The van der Waals surface area contributed by atoms with Crippen molar-refractivity contribution >= 4 is 45.8 Å². The van der Waals surface area contributed by atoms with Crippen molar-refractivity contribution < 1.29 is 19.1 Å². The third kappa shape index (κ3) is 6.25. The maximum absolute atomic E-state index is 12.4. The summed E-state index contributed by atoms with van der Waals surface area (Å²) < 4.78 is 10.5. The van der Waals surface area contributed by atoms with Crippen LogP contribution in [0.25, 0.3) is 10.9 Å². The van der Waals surface area contributed by atoms with Crippen LogP contribution >= 0.6 is 11.6 Å². The van der Waals surface area contributed by atoms with E-state index in [9.17, 15) is 9.59 Å². The fourth-order valence-corrected chi connectivity index (χ4v) is 4.82. The van der Waals surface area contributed by atoms with E-state index in [2.05, 4.69) is 25.5 Å². The zero-order valence-corrected chi connectivity index (χ0v) is 21.0. The summed E-state index contributed by atoms with van der Waals surface area (Å²) >= 11 is 6.14. The number of amides is 1. The first kappa shape index (κ1) is 25.1. The van der Waals surface area contributed by atoms with E-state index in [1.807, 2.05) is 30.3 Å². The van der Waals surface area contributed by atoms with Crippen molar-refractivity contribution in [2.45, 2.75) is 12.3 Å². The molecule has 3 aromatic rings. The minimum absolute atomic E-state index is 0.0293. The molecule has 0 bridgehead atoms. The number of ether oxygens (including phenoxy) is 2. The molecular weight excluding hydrogens is 494 g/mol. The smallest absolute Gasteiger partial charge is 0.330 e. The highest BCUT2D eigenvalue weighted by Crippen LogP contribution is 2.39. The third-order valence-electron chi connectivity index (χ3n) is 6.49. The van der Waals surface area contributed by atoms with Gasteiger partial charge in [-0.15, -0.1) is 0 Å². The highest BCUT2D eigenvalue weighted by Gasteiger charge is 2.26. The Balaban J connectivity index is 1.19. The normalized spacial score (nSPS) is 17.5. The summed E-state index contributed by atoms with van der Waals surface area (Å²) in [4.78, 5) is 35.7. The Kier molecular flexibility index (Phi) is 7.93. The van der Waals surface area contributed by atoms with Crippen LogP contribution in [0.1, 0.15) is 23.6 Å². The number of rotatable bonds is 8. The molecule has 0 spiro atoms. The van der Waals surface area contributed by atoms with Gasteiger partial charge in [0.1, 0.15) is 6.33 Å². The lowest BCUT2D eigenvalue weighted by Gasteiger charge is -2.26. The predicted molar refractivity (Wildman–Crippen MR) is 142 cm³/mol. The number of benzene rings is 2. The number of nitrogens with one attached hydrogen (secondary N) is 2. The molecule has 1 aromatic heterocycles. The van der Waals surface area contributed by atoms with Crippen LogP contribution in [-0.4, -0.2) is 72.7 Å². The lowest BCUT2D eigenvalue weighted by atomic mass is 9.94. The minimum atomic E-state index is -0.543. The first-order chi connectivity index (χ1) is 18.1. The summed E-state index contributed by atoms with van der Waals surface area (Å²) in [6, 6.07) is 11.3. The topological polar surface area (TPSA) is 106 Å². The standard InChI is InChI=1S/C27H28ClN5O4/c28-18-2-4-20-22(16-29-24(20)14-18)27-21-15-19(3-5-23(21)30-17-31-27)32-25(34)6-7-26(35)37-11-1-8-33-9-12-36-13-10-33/h2-7,14-15,17,22,29H,1,8-13,16H2,(H,32,34). The molecule has 10 heteroatoms. The molecule has 5 rings (SSSR count). The monoisotopic (exact) mass is 521 g/mol. The summed E-state index contributed by atoms with van der Waals surface area (Å²) in [6.45, 7) is 5.13. The number of carbonyl (C=O) groups excluding carboxylic acids is 2. The number of morpholine rings is 1. The van der Waals surface area contributed by atoms with Gasteiger partial charge in [0, 0.05) is 66.0 Å². The van der Waals surface area contributed by atoms with E-state index < -0.39 is 11.9 Å². The van der Waals surface area contributed by atoms with Gasteiger partial charge < -0.3 is 20.1 Å². The van der Waals surface area contributed by atoms with Crippen molar-refractivity contribution in [3.8, 4) is 0 Å². The number of halogens is 1. The van der Waals surface area contributed by atoms with Crippen molar-refractivity contribution in [2.75, 3.05) is 56.6 Å². The summed E-state index contributed by atoms with van der Waals surface area (Å²) in [7, 11) is 0. The number of anilines is 2. The maximum Gasteiger partial charge on any atom is 0.330 e. The van der Waals surface area contributed by atoms with Gasteiger partial charge in [-0.25, -0.2) is 14.8 Å². The van der Waals surface area contributed by atoms with E-state index in [4.69, 9.17) is 21.1 Å². The van der Waals surface area contributed by atoms with Gasteiger partial charge >= 0.3 is 5.97 Å². The lowest BCUT2D eigenvalue weighted by Crippen LogP contribution is -2.37. The van der Waals surface area contributed by atoms with E-state index in [1.165, 1.54) is 6.08 Å². The van der Waals surface area contributed by atoms with Gasteiger partial charge in [-0.05, 0) is 42.3 Å². The number of carbonyl (C=O) groups is 2. The molecule has 2 aromatic carbocycles. The fraction of sp³-hybridized carbons (Fsp3) is 0.333. The Hall–Kier alpha value is -3.53. The van der Waals surface area contributed by atoms with Crippen LogP contribution in [-0.2, 0) is 19.1 Å². The predicted octanol–water partition coefficient (Wildman–Crippen LogP) is 3.60. The Morgan fingerprint density at radius 1 is 1.16 bits per heavy atom. The summed E-state index contributed by atoms with van der Waals surface area (Å²) in [6.07, 6.45) is 4.62. The van der Waals surface area contributed by atoms with Gasteiger partial charge in [0.25, 0.3) is 0 Å². The van der Waals surface area contributed by atoms with Crippen LogP contribution in [0.4, 0.5) is 11.4 Å². The molecule has 0 aliphatic carbocycles. The summed E-state index contributed by atoms with van der Waals surface area (Å²) in [5.41, 5.74) is 4.34. The summed E-state index contributed by atoms with van der Waals surface area (Å²) in [5.74, 6) is -0.939. The number of esters is 1. The molecule has 2 N–H and O–H groups in total. The van der Waals surface area contributed by atoms with Crippen molar-refractivity contribution in [1.29, 1.82) is 0 Å². The van der Waals surface area contributed by atoms with E-state index in [1.54, 1.807) is 12.4 Å². The van der Waals surface area contributed by atoms with Gasteiger partial charge in [-0.3, -0.25) is 9.69 Å². The molecule has 0 saturated carbocycles. The highest BCUT2D eigenvalue weighted by molar-refractivity contribution is 6.30. The van der Waals surface area contributed by atoms with E-state index in [0.717, 1.165) is 73.2 Å². The lowest BCUT2D eigenvalue weighted by molar-refractivity contribution is -0.138. The molecule has 1 atom stereocenters. The van der Waals surface area contributed by atoms with Crippen LogP contribution in [0, 0.1) is 0 Å². The third-order valence-corrected chi connectivity index (χ3v) is 6.72. The van der Waals surface area contributed by atoms with E-state index in [-0.39, 0.29) is 5.92 Å². The Bertz CT molecular complexity index is 1330. The number of fused-ring (bicyclic) bond motifs is 2. The van der Waals surface area contributed by atoms with Crippen molar-refractivity contribution in [3.05, 3.63) is 71.2 Å². The Morgan fingerprint density at radius 3 is 2.89 bits per heavy atom. The maximum atomic E-state index is 12.4. The minimum Gasteiger partial charge on any atom is -0.462 e. The van der Waals surface area contributed by atoms with Crippen LogP contribution < -0.4 is 10.6 Å². The summed E-state index contributed by atoms with van der Waals surface area (Å²) in [5, 5.41) is 7.71. The quantitative estimate of drug-likeness (QED) is 0.263. The van der Waals surface area contributed by atoms with Gasteiger partial charge in [0.05, 0.1) is 31.0 Å². The van der Waals surface area contributed by atoms with Crippen molar-refractivity contribution in [3.63, 3.8) is 0 Å². The van der Waals surface area contributed by atoms with E-state index >= 15 is 0 Å². The zero-order valence-electron chi connectivity index (χ0n) is 20.3.